The van der Waals surface area contributed by atoms with Crippen LogP contribution in [0, 0.1) is 0 Å². The standard InChI is InChI=1S/C13H12ClF3N4/c1-21(7-5-9-4-2-3-6-18-9)11-8-10(14)19-12(20-11)13(15,16)17/h2-4,6,8H,5,7H2,1H3. The van der Waals surface area contributed by atoms with E-state index in [9.17, 15) is 13.2 Å². The predicted molar refractivity (Wildman–Crippen MR) is 73.3 cm³/mol. The number of nitrogens with zero attached hydrogens (tertiary/aromatic N) is 4. The lowest BCUT2D eigenvalue weighted by Crippen LogP contribution is -2.23. The van der Waals surface area contributed by atoms with E-state index in [1.54, 1.807) is 24.2 Å². The highest BCUT2D eigenvalue weighted by Crippen LogP contribution is 2.28. The minimum Gasteiger partial charge on any atom is -0.359 e. The van der Waals surface area contributed by atoms with Crippen molar-refractivity contribution in [2.75, 3.05) is 18.5 Å². The molecule has 0 fully saturated rings. The van der Waals surface area contributed by atoms with Gasteiger partial charge in [-0.3, -0.25) is 4.98 Å². The molecule has 0 saturated carbocycles. The maximum atomic E-state index is 12.6. The predicted octanol–water partition coefficient (Wildman–Crippen LogP) is 3.22. The second kappa shape index (κ2) is 6.26. The summed E-state index contributed by atoms with van der Waals surface area (Å²) in [4.78, 5) is 12.4. The van der Waals surface area contributed by atoms with Crippen LogP contribution in [-0.4, -0.2) is 28.5 Å². The fourth-order valence-electron chi connectivity index (χ4n) is 1.67. The van der Waals surface area contributed by atoms with E-state index < -0.39 is 12.0 Å². The van der Waals surface area contributed by atoms with Crippen molar-refractivity contribution < 1.29 is 13.2 Å². The van der Waals surface area contributed by atoms with Gasteiger partial charge >= 0.3 is 6.18 Å². The Morgan fingerprint density at radius 3 is 2.62 bits per heavy atom. The Bertz CT molecular complexity index is 604. The Balaban J connectivity index is 2.12. The molecule has 0 bridgehead atoms. The van der Waals surface area contributed by atoms with Crippen LogP contribution in [0.3, 0.4) is 0 Å². The van der Waals surface area contributed by atoms with Crippen LogP contribution in [0.15, 0.2) is 30.5 Å². The number of halogens is 4. The monoisotopic (exact) mass is 316 g/mol. The first-order valence-electron chi connectivity index (χ1n) is 6.09. The Labute approximate surface area is 124 Å². The molecule has 0 radical (unpaired) electrons. The summed E-state index contributed by atoms with van der Waals surface area (Å²) in [6.07, 6.45) is -2.37. The highest BCUT2D eigenvalue weighted by Gasteiger charge is 2.35. The van der Waals surface area contributed by atoms with Crippen molar-refractivity contribution >= 4 is 17.4 Å². The SMILES string of the molecule is CN(CCc1ccccn1)c1cc(Cl)nc(C(F)(F)F)n1. The average Bonchev–Trinajstić information content (AvgIpc) is 2.44. The summed E-state index contributed by atoms with van der Waals surface area (Å²) in [5.74, 6) is -1.12. The Morgan fingerprint density at radius 1 is 1.24 bits per heavy atom. The third kappa shape index (κ3) is 4.29. The van der Waals surface area contributed by atoms with E-state index in [1.165, 1.54) is 6.07 Å². The van der Waals surface area contributed by atoms with Gasteiger partial charge in [0.1, 0.15) is 11.0 Å². The van der Waals surface area contributed by atoms with E-state index in [2.05, 4.69) is 15.0 Å². The van der Waals surface area contributed by atoms with E-state index >= 15 is 0 Å². The van der Waals surface area contributed by atoms with Crippen molar-refractivity contribution in [2.45, 2.75) is 12.6 Å². The number of anilines is 1. The van der Waals surface area contributed by atoms with E-state index in [0.717, 1.165) is 5.69 Å². The Hall–Kier alpha value is -1.89. The van der Waals surface area contributed by atoms with Crippen LogP contribution in [-0.2, 0) is 12.6 Å². The van der Waals surface area contributed by atoms with Crippen molar-refractivity contribution in [1.82, 2.24) is 15.0 Å². The molecule has 0 amide bonds. The van der Waals surface area contributed by atoms with Crippen LogP contribution in [0.4, 0.5) is 19.0 Å². The highest BCUT2D eigenvalue weighted by molar-refractivity contribution is 6.29. The smallest absolute Gasteiger partial charge is 0.359 e. The van der Waals surface area contributed by atoms with Gasteiger partial charge in [-0.25, -0.2) is 9.97 Å². The number of rotatable bonds is 4. The first-order chi connectivity index (χ1) is 9.86. The first kappa shape index (κ1) is 15.5. The normalized spacial score (nSPS) is 11.5. The molecule has 112 valence electrons. The fraction of sp³-hybridized carbons (Fsp3) is 0.308. The highest BCUT2D eigenvalue weighted by atomic mass is 35.5. The first-order valence-corrected chi connectivity index (χ1v) is 6.47. The van der Waals surface area contributed by atoms with Gasteiger partial charge in [0, 0.05) is 38.0 Å². The maximum Gasteiger partial charge on any atom is 0.451 e. The van der Waals surface area contributed by atoms with Gasteiger partial charge in [0.25, 0.3) is 0 Å². The molecule has 2 aromatic heterocycles. The third-order valence-electron chi connectivity index (χ3n) is 2.76. The molecule has 0 N–H and O–H groups in total. The van der Waals surface area contributed by atoms with Crippen LogP contribution in [0.5, 0.6) is 0 Å². The van der Waals surface area contributed by atoms with Gasteiger partial charge < -0.3 is 4.90 Å². The molecule has 0 spiro atoms. The molecule has 2 aromatic rings. The summed E-state index contributed by atoms with van der Waals surface area (Å²) in [5, 5.41) is -0.239. The molecule has 2 rings (SSSR count). The zero-order valence-electron chi connectivity index (χ0n) is 11.1. The lowest BCUT2D eigenvalue weighted by atomic mass is 10.2. The van der Waals surface area contributed by atoms with Gasteiger partial charge in [0.15, 0.2) is 0 Å². The molecular formula is C13H12ClF3N4. The van der Waals surface area contributed by atoms with Crippen molar-refractivity contribution in [2.24, 2.45) is 0 Å². The lowest BCUT2D eigenvalue weighted by molar-refractivity contribution is -0.144. The van der Waals surface area contributed by atoms with Crippen LogP contribution < -0.4 is 4.90 Å². The van der Waals surface area contributed by atoms with Crippen molar-refractivity contribution in [3.63, 3.8) is 0 Å². The lowest BCUT2D eigenvalue weighted by Gasteiger charge is -2.19. The van der Waals surface area contributed by atoms with E-state index in [1.807, 2.05) is 12.1 Å². The second-order valence-electron chi connectivity index (χ2n) is 4.36. The van der Waals surface area contributed by atoms with Crippen molar-refractivity contribution in [1.29, 1.82) is 0 Å². The summed E-state index contributed by atoms with van der Waals surface area (Å²) in [7, 11) is 1.64. The third-order valence-corrected chi connectivity index (χ3v) is 2.95. The number of alkyl halides is 3. The summed E-state index contributed by atoms with van der Waals surface area (Å²) >= 11 is 5.63. The fourth-order valence-corrected chi connectivity index (χ4v) is 1.85. The summed E-state index contributed by atoms with van der Waals surface area (Å²) < 4.78 is 37.9. The second-order valence-corrected chi connectivity index (χ2v) is 4.75. The molecule has 0 saturated heterocycles. The topological polar surface area (TPSA) is 41.9 Å². The molecule has 0 aliphatic rings. The molecule has 0 aromatic carbocycles. The van der Waals surface area contributed by atoms with Gasteiger partial charge in [-0.1, -0.05) is 17.7 Å². The summed E-state index contributed by atoms with van der Waals surface area (Å²) in [6, 6.07) is 6.80. The Kier molecular flexibility index (Phi) is 4.62. The number of hydrogen-bond donors (Lipinski definition) is 0. The van der Waals surface area contributed by atoms with Gasteiger partial charge in [-0.15, -0.1) is 0 Å². The molecule has 0 aliphatic carbocycles. The molecule has 21 heavy (non-hydrogen) atoms. The molecule has 0 atom stereocenters. The van der Waals surface area contributed by atoms with Crippen LogP contribution >= 0.6 is 11.6 Å². The number of likely N-dealkylation sites (N-methyl/N-ethyl adjacent to an activating group) is 1. The zero-order chi connectivity index (χ0) is 15.5. The van der Waals surface area contributed by atoms with Gasteiger partial charge in [-0.05, 0) is 12.1 Å². The number of hydrogen-bond acceptors (Lipinski definition) is 4. The van der Waals surface area contributed by atoms with E-state index in [-0.39, 0.29) is 11.0 Å². The number of aromatic nitrogens is 3. The van der Waals surface area contributed by atoms with Gasteiger partial charge in [0.2, 0.25) is 5.82 Å². The van der Waals surface area contributed by atoms with Crippen molar-refractivity contribution in [3.8, 4) is 0 Å². The molecule has 8 heteroatoms. The summed E-state index contributed by atoms with van der Waals surface area (Å²) in [5.41, 5.74) is 0.848. The zero-order valence-corrected chi connectivity index (χ0v) is 11.9. The average molecular weight is 317 g/mol. The van der Waals surface area contributed by atoms with E-state index in [0.29, 0.717) is 13.0 Å². The quantitative estimate of drug-likeness (QED) is 0.812. The van der Waals surface area contributed by atoms with Crippen LogP contribution in [0.2, 0.25) is 5.15 Å². The molecule has 4 nitrogen and oxygen atoms in total. The van der Waals surface area contributed by atoms with Crippen LogP contribution in [0.1, 0.15) is 11.5 Å². The number of pyridine rings is 1. The largest absolute Gasteiger partial charge is 0.451 e. The molecule has 0 unspecified atom stereocenters. The minimum atomic E-state index is -4.62. The van der Waals surface area contributed by atoms with E-state index in [4.69, 9.17) is 11.6 Å². The summed E-state index contributed by atoms with van der Waals surface area (Å²) in [6.45, 7) is 0.460. The molecular weight excluding hydrogens is 305 g/mol. The molecule has 2 heterocycles. The van der Waals surface area contributed by atoms with Gasteiger partial charge in [0.05, 0.1) is 0 Å². The molecule has 0 aliphatic heterocycles. The minimum absolute atomic E-state index is 0.123. The van der Waals surface area contributed by atoms with Crippen LogP contribution in [0.25, 0.3) is 0 Å². The van der Waals surface area contributed by atoms with Crippen molar-refractivity contribution in [3.05, 3.63) is 47.1 Å². The van der Waals surface area contributed by atoms with Gasteiger partial charge in [-0.2, -0.15) is 13.2 Å². The Morgan fingerprint density at radius 2 is 2.00 bits per heavy atom. The maximum absolute atomic E-state index is 12.6.